The highest BCUT2D eigenvalue weighted by Gasteiger charge is 2.32. The molecule has 4 aromatic rings. The van der Waals surface area contributed by atoms with E-state index >= 15 is 0 Å². The van der Waals surface area contributed by atoms with Crippen LogP contribution in [0.2, 0.25) is 0 Å². The van der Waals surface area contributed by atoms with Gasteiger partial charge in [-0.25, -0.2) is 4.98 Å². The van der Waals surface area contributed by atoms with Crippen molar-refractivity contribution in [3.05, 3.63) is 54.1 Å². The molecule has 2 unspecified atom stereocenters. The average Bonchev–Trinajstić information content (AvgIpc) is 3.31. The van der Waals surface area contributed by atoms with Gasteiger partial charge >= 0.3 is 0 Å². The van der Waals surface area contributed by atoms with Gasteiger partial charge in [-0.1, -0.05) is 30.3 Å². The molecule has 7 rings (SSSR count). The van der Waals surface area contributed by atoms with Crippen LogP contribution >= 0.6 is 0 Å². The van der Waals surface area contributed by atoms with Gasteiger partial charge < -0.3 is 15.0 Å². The molecule has 3 aliphatic heterocycles. The van der Waals surface area contributed by atoms with Crippen molar-refractivity contribution in [3.63, 3.8) is 0 Å². The first-order chi connectivity index (χ1) is 17.3. The smallest absolute Gasteiger partial charge is 0.137 e. The molecule has 3 saturated heterocycles. The van der Waals surface area contributed by atoms with E-state index in [1.807, 2.05) is 0 Å². The van der Waals surface area contributed by atoms with Gasteiger partial charge in [0.25, 0.3) is 0 Å². The van der Waals surface area contributed by atoms with Crippen LogP contribution in [0, 0.1) is 11.8 Å². The molecular weight excluding hydrogens is 434 g/mol. The lowest BCUT2D eigenvalue weighted by Gasteiger charge is -2.41. The minimum Gasteiger partial charge on any atom is -0.381 e. The highest BCUT2D eigenvalue weighted by Crippen LogP contribution is 2.36. The predicted molar refractivity (Wildman–Crippen MR) is 141 cm³/mol. The summed E-state index contributed by atoms with van der Waals surface area (Å²) in [6, 6.07) is 17.6. The van der Waals surface area contributed by atoms with E-state index in [4.69, 9.17) is 14.8 Å². The second kappa shape index (κ2) is 8.92. The van der Waals surface area contributed by atoms with E-state index in [1.165, 1.54) is 48.7 Å². The third-order valence-electron chi connectivity index (χ3n) is 8.42. The number of aromatic amines is 1. The number of piperidine rings is 1. The number of aromatic nitrogens is 3. The lowest BCUT2D eigenvalue weighted by molar-refractivity contribution is 0.0805. The van der Waals surface area contributed by atoms with Crippen LogP contribution in [0.1, 0.15) is 37.2 Å². The van der Waals surface area contributed by atoms with Crippen LogP contribution in [0.3, 0.4) is 0 Å². The van der Waals surface area contributed by atoms with Crippen LogP contribution in [-0.2, 0) is 4.74 Å². The number of rotatable bonds is 4. The largest absolute Gasteiger partial charge is 0.381 e. The second-order valence-electron chi connectivity index (χ2n) is 10.6. The minimum atomic E-state index is 0.460. The number of benzene rings is 2. The summed E-state index contributed by atoms with van der Waals surface area (Å²) in [4.78, 5) is 7.84. The lowest BCUT2D eigenvalue weighted by atomic mass is 9.82. The quantitative estimate of drug-likeness (QED) is 0.437. The molecule has 0 spiro atoms. The molecule has 2 aromatic heterocycles. The number of anilines is 1. The molecule has 3 fully saturated rings. The fourth-order valence-electron chi connectivity index (χ4n) is 6.26. The number of nitrogens with zero attached hydrogens (tertiary/aromatic N) is 3. The molecule has 2 atom stereocenters. The van der Waals surface area contributed by atoms with E-state index in [1.54, 1.807) is 0 Å². The van der Waals surface area contributed by atoms with Crippen LogP contribution in [-0.4, -0.2) is 54.6 Å². The average molecular weight is 468 g/mol. The first-order valence-electron chi connectivity index (χ1n) is 13.2. The molecule has 6 heteroatoms. The molecule has 0 radical (unpaired) electrons. The van der Waals surface area contributed by atoms with Gasteiger partial charge in [0.1, 0.15) is 11.5 Å². The highest BCUT2D eigenvalue weighted by atomic mass is 16.5. The number of hydrogen-bond donors (Lipinski definition) is 2. The molecule has 2 N–H and O–H groups in total. The molecular formula is C29H33N5O. The summed E-state index contributed by atoms with van der Waals surface area (Å²) in [5.41, 5.74) is 4.30. The Morgan fingerprint density at radius 3 is 2.74 bits per heavy atom. The Morgan fingerprint density at radius 2 is 1.89 bits per heavy atom. The SMILES string of the molecule is c1ccc2c(N3CCCC(C4CNC4)C3)nc(-c3n[nH]c4ccc(C5CCCOC5)cc34)cc2c1. The van der Waals surface area contributed by atoms with E-state index in [0.29, 0.717) is 5.92 Å². The number of H-pyrrole nitrogens is 1. The maximum Gasteiger partial charge on any atom is 0.137 e. The van der Waals surface area contributed by atoms with Crippen LogP contribution in [0.4, 0.5) is 5.82 Å². The summed E-state index contributed by atoms with van der Waals surface area (Å²) in [6.07, 6.45) is 4.88. The Morgan fingerprint density at radius 1 is 0.943 bits per heavy atom. The summed E-state index contributed by atoms with van der Waals surface area (Å²) in [7, 11) is 0. The Balaban J connectivity index is 1.30. The van der Waals surface area contributed by atoms with Gasteiger partial charge in [0, 0.05) is 36.4 Å². The molecule has 6 nitrogen and oxygen atoms in total. The second-order valence-corrected chi connectivity index (χ2v) is 10.6. The molecule has 0 amide bonds. The monoisotopic (exact) mass is 467 g/mol. The predicted octanol–water partition coefficient (Wildman–Crippen LogP) is 5.11. The van der Waals surface area contributed by atoms with Crippen molar-refractivity contribution in [2.75, 3.05) is 44.3 Å². The molecule has 2 aromatic carbocycles. The van der Waals surface area contributed by atoms with E-state index in [-0.39, 0.29) is 0 Å². The summed E-state index contributed by atoms with van der Waals surface area (Å²) >= 11 is 0. The first-order valence-corrected chi connectivity index (χ1v) is 13.2. The fraction of sp³-hybridized carbons (Fsp3) is 0.448. The lowest BCUT2D eigenvalue weighted by Crippen LogP contribution is -2.51. The van der Waals surface area contributed by atoms with Crippen molar-refractivity contribution in [1.82, 2.24) is 20.5 Å². The number of fused-ring (bicyclic) bond motifs is 2. The standard InChI is InChI=1S/C29H33N5O/c1-2-8-24-20(5-1)14-27(31-29(24)34-11-3-6-21(17-34)23-15-30-16-23)28-25-13-19(9-10-26(25)32-33-28)22-7-4-12-35-18-22/h1-2,5,8-10,13-14,21-23,30H,3-4,6-7,11-12,15-18H2,(H,32,33). The van der Waals surface area contributed by atoms with Gasteiger partial charge in [0.2, 0.25) is 0 Å². The third kappa shape index (κ3) is 3.89. The molecule has 0 saturated carbocycles. The van der Waals surface area contributed by atoms with Gasteiger partial charge in [0.15, 0.2) is 0 Å². The van der Waals surface area contributed by atoms with E-state index in [9.17, 15) is 0 Å². The van der Waals surface area contributed by atoms with Crippen molar-refractivity contribution in [2.24, 2.45) is 11.8 Å². The van der Waals surface area contributed by atoms with E-state index in [0.717, 1.165) is 72.7 Å². The first kappa shape index (κ1) is 21.3. The summed E-state index contributed by atoms with van der Waals surface area (Å²) in [6.45, 7) is 6.20. The van der Waals surface area contributed by atoms with Crippen molar-refractivity contribution in [1.29, 1.82) is 0 Å². The molecule has 3 aliphatic rings. The number of ether oxygens (including phenoxy) is 1. The van der Waals surface area contributed by atoms with Crippen molar-refractivity contribution < 1.29 is 4.74 Å². The molecule has 0 aliphatic carbocycles. The maximum atomic E-state index is 5.77. The molecule has 0 bridgehead atoms. The zero-order valence-corrected chi connectivity index (χ0v) is 20.2. The van der Waals surface area contributed by atoms with Crippen LogP contribution in [0.25, 0.3) is 33.1 Å². The normalized spacial score (nSPS) is 23.6. The van der Waals surface area contributed by atoms with Gasteiger partial charge in [0.05, 0.1) is 17.8 Å². The van der Waals surface area contributed by atoms with E-state index in [2.05, 4.69) is 63.8 Å². The fourth-order valence-corrected chi connectivity index (χ4v) is 6.26. The van der Waals surface area contributed by atoms with E-state index < -0.39 is 0 Å². The maximum absolute atomic E-state index is 5.77. The topological polar surface area (TPSA) is 66.1 Å². The third-order valence-corrected chi connectivity index (χ3v) is 8.42. The Hall–Kier alpha value is -2.96. The number of pyridine rings is 1. The van der Waals surface area contributed by atoms with Crippen molar-refractivity contribution >= 4 is 27.5 Å². The van der Waals surface area contributed by atoms with Crippen LogP contribution in [0.5, 0.6) is 0 Å². The van der Waals surface area contributed by atoms with Gasteiger partial charge in [-0.05, 0) is 79.8 Å². The summed E-state index contributed by atoms with van der Waals surface area (Å²) in [5, 5.41) is 15.1. The summed E-state index contributed by atoms with van der Waals surface area (Å²) < 4.78 is 5.77. The number of nitrogens with one attached hydrogen (secondary N) is 2. The van der Waals surface area contributed by atoms with Crippen LogP contribution in [0.15, 0.2) is 48.5 Å². The summed E-state index contributed by atoms with van der Waals surface area (Å²) in [5.74, 6) is 3.13. The van der Waals surface area contributed by atoms with Gasteiger partial charge in [-0.2, -0.15) is 5.10 Å². The zero-order valence-electron chi connectivity index (χ0n) is 20.2. The Kier molecular flexibility index (Phi) is 5.44. The Labute approximate surface area is 206 Å². The molecule has 5 heterocycles. The van der Waals surface area contributed by atoms with Gasteiger partial charge in [-0.15, -0.1) is 0 Å². The van der Waals surface area contributed by atoms with Crippen molar-refractivity contribution in [3.8, 4) is 11.4 Å². The molecule has 180 valence electrons. The van der Waals surface area contributed by atoms with Gasteiger partial charge in [-0.3, -0.25) is 5.10 Å². The number of hydrogen-bond acceptors (Lipinski definition) is 5. The molecule has 35 heavy (non-hydrogen) atoms. The van der Waals surface area contributed by atoms with Crippen LogP contribution < -0.4 is 10.2 Å². The van der Waals surface area contributed by atoms with Crippen molar-refractivity contribution in [2.45, 2.75) is 31.6 Å². The highest BCUT2D eigenvalue weighted by molar-refractivity contribution is 5.98. The minimum absolute atomic E-state index is 0.460. The Bertz CT molecular complexity index is 1350. The zero-order chi connectivity index (χ0) is 23.2.